The third-order valence-electron chi connectivity index (χ3n) is 4.63. The third-order valence-corrected chi connectivity index (χ3v) is 4.63. The van der Waals surface area contributed by atoms with E-state index in [9.17, 15) is 8.78 Å². The molecule has 0 fully saturated rings. The van der Waals surface area contributed by atoms with Gasteiger partial charge in [0, 0.05) is 28.7 Å². The smallest absolute Gasteiger partial charge is 0.147 e. The Morgan fingerprint density at radius 3 is 2.04 bits per heavy atom. The van der Waals surface area contributed by atoms with Crippen molar-refractivity contribution in [2.45, 2.75) is 39.5 Å². The Balaban J connectivity index is 0.000000151. The van der Waals surface area contributed by atoms with Crippen molar-refractivity contribution in [3.8, 4) is 0 Å². The van der Waals surface area contributed by atoms with Crippen molar-refractivity contribution in [2.24, 2.45) is 0 Å². The maximum atomic E-state index is 13.4. The molecule has 4 aromatic rings. The second kappa shape index (κ2) is 7.32. The molecule has 136 valence electrons. The first-order valence-corrected chi connectivity index (χ1v) is 8.91. The number of halogens is 2. The minimum Gasteiger partial charge on any atom is -0.361 e. The number of nitrogens with one attached hydrogen (secondary N) is 2. The predicted octanol–water partition coefficient (Wildman–Crippen LogP) is 6.86. The van der Waals surface area contributed by atoms with Crippen LogP contribution in [-0.2, 0) is 0 Å². The van der Waals surface area contributed by atoms with Crippen LogP contribution in [0.5, 0.6) is 0 Å². The molecule has 0 unspecified atom stereocenters. The predicted molar refractivity (Wildman–Crippen MR) is 105 cm³/mol. The lowest BCUT2D eigenvalue weighted by Gasteiger charge is -2.02. The van der Waals surface area contributed by atoms with Gasteiger partial charge in [-0.3, -0.25) is 0 Å². The zero-order valence-electron chi connectivity index (χ0n) is 15.5. The lowest BCUT2D eigenvalue weighted by molar-refractivity contribution is 0.637. The van der Waals surface area contributed by atoms with Gasteiger partial charge in [0.25, 0.3) is 0 Å². The molecule has 0 atom stereocenters. The Morgan fingerprint density at radius 1 is 0.731 bits per heavy atom. The summed E-state index contributed by atoms with van der Waals surface area (Å²) >= 11 is 0. The number of aromatic amines is 2. The highest BCUT2D eigenvalue weighted by Gasteiger charge is 2.10. The summed E-state index contributed by atoms with van der Waals surface area (Å²) in [4.78, 5) is 6.03. The van der Waals surface area contributed by atoms with Gasteiger partial charge in [-0.1, -0.05) is 45.9 Å². The summed E-state index contributed by atoms with van der Waals surface area (Å²) in [7, 11) is 0. The minimum atomic E-state index is -0.176. The number of H-pyrrole nitrogens is 2. The Bertz CT molecular complexity index is 1030. The summed E-state index contributed by atoms with van der Waals surface area (Å²) in [5.41, 5.74) is 3.72. The molecule has 0 spiro atoms. The lowest BCUT2D eigenvalue weighted by atomic mass is 10.0. The van der Waals surface area contributed by atoms with Crippen molar-refractivity contribution in [2.75, 3.05) is 0 Å². The van der Waals surface area contributed by atoms with Gasteiger partial charge >= 0.3 is 0 Å². The number of hydrogen-bond donors (Lipinski definition) is 2. The number of aromatic nitrogens is 2. The van der Waals surface area contributed by atoms with Gasteiger partial charge in [-0.15, -0.1) is 0 Å². The first-order chi connectivity index (χ1) is 12.4. The summed E-state index contributed by atoms with van der Waals surface area (Å²) in [6, 6.07) is 10.3. The second-order valence-electron chi connectivity index (χ2n) is 7.12. The van der Waals surface area contributed by atoms with Crippen LogP contribution < -0.4 is 0 Å². The molecule has 2 aromatic carbocycles. The van der Waals surface area contributed by atoms with Crippen molar-refractivity contribution in [3.05, 3.63) is 71.6 Å². The average Bonchev–Trinajstić information content (AvgIpc) is 3.21. The fourth-order valence-electron chi connectivity index (χ4n) is 3.24. The van der Waals surface area contributed by atoms with Crippen LogP contribution in [0.4, 0.5) is 8.78 Å². The Morgan fingerprint density at radius 2 is 1.35 bits per heavy atom. The molecule has 0 bridgehead atoms. The quantitative estimate of drug-likeness (QED) is 0.394. The van der Waals surface area contributed by atoms with Crippen molar-refractivity contribution < 1.29 is 8.78 Å². The highest BCUT2D eigenvalue weighted by atomic mass is 19.1. The molecule has 0 saturated heterocycles. The van der Waals surface area contributed by atoms with E-state index in [1.54, 1.807) is 12.1 Å². The van der Waals surface area contributed by atoms with Crippen LogP contribution in [0.25, 0.3) is 21.8 Å². The zero-order chi connectivity index (χ0) is 18.8. The first kappa shape index (κ1) is 18.2. The monoisotopic (exact) mass is 354 g/mol. The number of benzene rings is 2. The molecule has 0 saturated carbocycles. The molecule has 2 nitrogen and oxygen atoms in total. The van der Waals surface area contributed by atoms with E-state index in [-0.39, 0.29) is 11.6 Å². The highest BCUT2D eigenvalue weighted by molar-refractivity contribution is 5.84. The van der Waals surface area contributed by atoms with Crippen LogP contribution in [0, 0.1) is 11.6 Å². The summed E-state index contributed by atoms with van der Waals surface area (Å²) in [6.45, 7) is 8.34. The summed E-state index contributed by atoms with van der Waals surface area (Å²) in [5, 5.41) is 1.73. The summed E-state index contributed by atoms with van der Waals surface area (Å²) in [5.74, 6) is 0.466. The molecular formula is C22H24F2N2. The van der Waals surface area contributed by atoms with Gasteiger partial charge in [0.05, 0.1) is 5.52 Å². The maximum absolute atomic E-state index is 13.4. The van der Waals surface area contributed by atoms with Crippen molar-refractivity contribution in [1.82, 2.24) is 9.97 Å². The fraction of sp³-hybridized carbons (Fsp3) is 0.273. The minimum absolute atomic E-state index is 0.137. The molecule has 4 heteroatoms. The Labute approximate surface area is 152 Å². The molecule has 4 rings (SSSR count). The van der Waals surface area contributed by atoms with Crippen molar-refractivity contribution in [1.29, 1.82) is 0 Å². The third kappa shape index (κ3) is 3.36. The fourth-order valence-corrected chi connectivity index (χ4v) is 3.24. The van der Waals surface area contributed by atoms with E-state index >= 15 is 0 Å². The SMILES string of the molecule is CC(C)c1c[nH]c2c(F)cccc12.CC(C)c1c[nH]c2cccc(F)c12. The van der Waals surface area contributed by atoms with Crippen LogP contribution >= 0.6 is 0 Å². The van der Waals surface area contributed by atoms with Crippen LogP contribution in [0.1, 0.15) is 50.7 Å². The zero-order valence-corrected chi connectivity index (χ0v) is 15.5. The van der Waals surface area contributed by atoms with Crippen LogP contribution in [0.15, 0.2) is 48.8 Å². The van der Waals surface area contributed by atoms with Gasteiger partial charge in [0.2, 0.25) is 0 Å². The van der Waals surface area contributed by atoms with E-state index in [0.29, 0.717) is 17.4 Å². The van der Waals surface area contributed by atoms with E-state index < -0.39 is 0 Å². The van der Waals surface area contributed by atoms with Gasteiger partial charge in [0.1, 0.15) is 11.6 Å². The molecule has 0 radical (unpaired) electrons. The van der Waals surface area contributed by atoms with E-state index in [1.807, 2.05) is 24.5 Å². The summed E-state index contributed by atoms with van der Waals surface area (Å²) in [6.07, 6.45) is 3.77. The van der Waals surface area contributed by atoms with E-state index in [2.05, 4.69) is 37.7 Å². The molecule has 0 aliphatic heterocycles. The normalized spacial score (nSPS) is 11.4. The number of rotatable bonds is 2. The Hall–Kier alpha value is -2.62. The standard InChI is InChI=1S/2C11H12FN/c1-7(2)8-6-13-10-5-3-4-9(12)11(8)10;1-7(2)9-6-13-11-8(9)4-3-5-10(11)12/h2*3-7,13H,1-2H3. The molecule has 0 aliphatic carbocycles. The average molecular weight is 354 g/mol. The van der Waals surface area contributed by atoms with Crippen LogP contribution in [0.2, 0.25) is 0 Å². The number of hydrogen-bond acceptors (Lipinski definition) is 0. The van der Waals surface area contributed by atoms with Gasteiger partial charge in [-0.2, -0.15) is 0 Å². The molecule has 2 aromatic heterocycles. The van der Waals surface area contributed by atoms with Gasteiger partial charge in [0.15, 0.2) is 0 Å². The molecule has 26 heavy (non-hydrogen) atoms. The van der Waals surface area contributed by atoms with Crippen LogP contribution in [-0.4, -0.2) is 9.97 Å². The number of fused-ring (bicyclic) bond motifs is 2. The maximum Gasteiger partial charge on any atom is 0.147 e. The van der Waals surface area contributed by atoms with Crippen LogP contribution in [0.3, 0.4) is 0 Å². The molecule has 0 aliphatic rings. The lowest BCUT2D eigenvalue weighted by Crippen LogP contribution is -1.86. The van der Waals surface area contributed by atoms with E-state index in [0.717, 1.165) is 21.9 Å². The topological polar surface area (TPSA) is 31.6 Å². The molecule has 0 amide bonds. The van der Waals surface area contributed by atoms with E-state index in [4.69, 9.17) is 0 Å². The molecular weight excluding hydrogens is 330 g/mol. The van der Waals surface area contributed by atoms with Gasteiger partial charge in [-0.05, 0) is 41.2 Å². The molecule has 2 heterocycles. The highest BCUT2D eigenvalue weighted by Crippen LogP contribution is 2.27. The summed E-state index contributed by atoms with van der Waals surface area (Å²) < 4.78 is 26.7. The van der Waals surface area contributed by atoms with Gasteiger partial charge in [-0.25, -0.2) is 8.78 Å². The van der Waals surface area contributed by atoms with Crippen molar-refractivity contribution in [3.63, 3.8) is 0 Å². The van der Waals surface area contributed by atoms with E-state index in [1.165, 1.54) is 17.7 Å². The Kier molecular flexibility index (Phi) is 5.12. The number of para-hydroxylation sites is 1. The molecule has 2 N–H and O–H groups in total. The first-order valence-electron chi connectivity index (χ1n) is 8.91. The van der Waals surface area contributed by atoms with Crippen molar-refractivity contribution >= 4 is 21.8 Å². The second-order valence-corrected chi connectivity index (χ2v) is 7.12. The largest absolute Gasteiger partial charge is 0.361 e. The van der Waals surface area contributed by atoms with Gasteiger partial charge < -0.3 is 9.97 Å².